The zero-order valence-corrected chi connectivity index (χ0v) is 9.22. The fourth-order valence-corrected chi connectivity index (χ4v) is 1.95. The number of aromatic nitrogens is 1. The third-order valence-electron chi connectivity index (χ3n) is 2.29. The third kappa shape index (κ3) is 1.93. The Hall–Kier alpha value is -0.940. The van der Waals surface area contributed by atoms with Crippen LogP contribution in [0.3, 0.4) is 0 Å². The van der Waals surface area contributed by atoms with Crippen LogP contribution in [0.5, 0.6) is 0 Å². The van der Waals surface area contributed by atoms with Crippen molar-refractivity contribution in [3.05, 3.63) is 16.1 Å². The molecule has 0 radical (unpaired) electrons. The van der Waals surface area contributed by atoms with E-state index in [1.165, 1.54) is 6.20 Å². The Morgan fingerprint density at radius 2 is 2.43 bits per heavy atom. The normalized spacial score (nSPS) is 15.1. The predicted molar refractivity (Wildman–Crippen MR) is 53.7 cm³/mol. The van der Waals surface area contributed by atoms with Crippen molar-refractivity contribution in [3.8, 4) is 0 Å². The van der Waals surface area contributed by atoms with Gasteiger partial charge in [0.05, 0.1) is 6.20 Å². The van der Waals surface area contributed by atoms with Gasteiger partial charge >= 0.3 is 5.97 Å². The van der Waals surface area contributed by atoms with Gasteiger partial charge in [0.2, 0.25) is 0 Å². The predicted octanol–water partition coefficient (Wildman–Crippen LogP) is 2.11. The molecule has 5 heteroatoms. The molecule has 4 nitrogen and oxygen atoms in total. The molecule has 0 aliphatic rings. The molecule has 78 valence electrons. The minimum absolute atomic E-state index is 0.247. The summed E-state index contributed by atoms with van der Waals surface area (Å²) in [5.74, 6) is -0.941. The van der Waals surface area contributed by atoms with Crippen molar-refractivity contribution in [1.82, 2.24) is 4.98 Å². The molecule has 1 unspecified atom stereocenters. The molecule has 1 aromatic heterocycles. The SMILES string of the molecule is CCC(C)(OC)c1ncc(C(=O)O)s1. The van der Waals surface area contributed by atoms with E-state index in [1.807, 2.05) is 13.8 Å². The first kappa shape index (κ1) is 11.1. The summed E-state index contributed by atoms with van der Waals surface area (Å²) in [5, 5.41) is 9.45. The van der Waals surface area contributed by atoms with Crippen molar-refractivity contribution < 1.29 is 14.6 Å². The highest BCUT2D eigenvalue weighted by molar-refractivity contribution is 7.13. The largest absolute Gasteiger partial charge is 0.477 e. The highest BCUT2D eigenvalue weighted by Gasteiger charge is 2.28. The van der Waals surface area contributed by atoms with Crippen molar-refractivity contribution in [3.63, 3.8) is 0 Å². The summed E-state index contributed by atoms with van der Waals surface area (Å²) >= 11 is 1.16. The second-order valence-corrected chi connectivity index (χ2v) is 4.15. The maximum atomic E-state index is 10.6. The van der Waals surface area contributed by atoms with Crippen molar-refractivity contribution in [2.75, 3.05) is 7.11 Å². The van der Waals surface area contributed by atoms with E-state index < -0.39 is 11.6 Å². The van der Waals surface area contributed by atoms with Gasteiger partial charge in [0.1, 0.15) is 15.5 Å². The summed E-state index contributed by atoms with van der Waals surface area (Å²) < 4.78 is 5.32. The second kappa shape index (κ2) is 4.06. The lowest BCUT2D eigenvalue weighted by molar-refractivity contribution is -0.00156. The van der Waals surface area contributed by atoms with Gasteiger partial charge in [-0.25, -0.2) is 9.78 Å². The molecule has 1 aromatic rings. The molecule has 0 fully saturated rings. The lowest BCUT2D eigenvalue weighted by Gasteiger charge is -2.23. The van der Waals surface area contributed by atoms with E-state index in [9.17, 15) is 4.79 Å². The van der Waals surface area contributed by atoms with E-state index in [0.29, 0.717) is 5.01 Å². The number of methoxy groups -OCH3 is 1. The molecule has 14 heavy (non-hydrogen) atoms. The van der Waals surface area contributed by atoms with E-state index in [2.05, 4.69) is 4.98 Å². The van der Waals surface area contributed by atoms with Crippen LogP contribution in [0.1, 0.15) is 34.9 Å². The zero-order chi connectivity index (χ0) is 10.8. The molecule has 1 N–H and O–H groups in total. The summed E-state index contributed by atoms with van der Waals surface area (Å²) in [6, 6.07) is 0. The molecule has 1 rings (SSSR count). The fourth-order valence-electron chi connectivity index (χ4n) is 1.00. The number of ether oxygens (including phenoxy) is 1. The van der Waals surface area contributed by atoms with Gasteiger partial charge in [-0.3, -0.25) is 0 Å². The fraction of sp³-hybridized carbons (Fsp3) is 0.556. The van der Waals surface area contributed by atoms with E-state index >= 15 is 0 Å². The van der Waals surface area contributed by atoms with Gasteiger partial charge in [0.15, 0.2) is 0 Å². The molecule has 0 saturated heterocycles. The van der Waals surface area contributed by atoms with Crippen LogP contribution in [-0.4, -0.2) is 23.2 Å². The molecule has 0 saturated carbocycles. The number of nitrogens with zero attached hydrogens (tertiary/aromatic N) is 1. The molecule has 0 aromatic carbocycles. The van der Waals surface area contributed by atoms with Crippen molar-refractivity contribution in [2.45, 2.75) is 25.9 Å². The van der Waals surface area contributed by atoms with Crippen molar-refractivity contribution in [1.29, 1.82) is 0 Å². The minimum atomic E-state index is -0.941. The Labute approximate surface area is 86.6 Å². The standard InChI is InChI=1S/C9H13NO3S/c1-4-9(2,13-3)8-10-5-6(14-8)7(11)12/h5H,4H2,1-3H3,(H,11,12). The van der Waals surface area contributed by atoms with Gasteiger partial charge in [-0.15, -0.1) is 11.3 Å². The molecule has 0 bridgehead atoms. The third-order valence-corrected chi connectivity index (χ3v) is 3.52. The zero-order valence-electron chi connectivity index (χ0n) is 8.40. The highest BCUT2D eigenvalue weighted by Crippen LogP contribution is 2.31. The van der Waals surface area contributed by atoms with Crippen LogP contribution in [0.25, 0.3) is 0 Å². The first-order valence-electron chi connectivity index (χ1n) is 4.28. The molecule has 1 heterocycles. The van der Waals surface area contributed by atoms with Gasteiger partial charge in [-0.2, -0.15) is 0 Å². The molecule has 0 aliphatic carbocycles. The summed E-state index contributed by atoms with van der Waals surface area (Å²) in [7, 11) is 1.60. The summed E-state index contributed by atoms with van der Waals surface area (Å²) in [6.45, 7) is 3.88. The van der Waals surface area contributed by atoms with Gasteiger partial charge in [-0.05, 0) is 13.3 Å². The highest BCUT2D eigenvalue weighted by atomic mass is 32.1. The molecule has 0 spiro atoms. The van der Waals surface area contributed by atoms with Crippen LogP contribution in [0.4, 0.5) is 0 Å². The number of hydrogen-bond donors (Lipinski definition) is 1. The Morgan fingerprint density at radius 3 is 2.79 bits per heavy atom. The average molecular weight is 215 g/mol. The van der Waals surface area contributed by atoms with Gasteiger partial charge < -0.3 is 9.84 Å². The molecular formula is C9H13NO3S. The number of hydrogen-bond acceptors (Lipinski definition) is 4. The summed E-state index contributed by atoms with van der Waals surface area (Å²) in [5.41, 5.74) is -0.474. The number of rotatable bonds is 4. The van der Waals surface area contributed by atoms with Crippen LogP contribution in [-0.2, 0) is 10.3 Å². The average Bonchev–Trinajstić information content (AvgIpc) is 2.66. The van der Waals surface area contributed by atoms with Crippen LogP contribution in [0.15, 0.2) is 6.20 Å². The van der Waals surface area contributed by atoms with Crippen molar-refractivity contribution in [2.24, 2.45) is 0 Å². The molecule has 0 amide bonds. The van der Waals surface area contributed by atoms with Crippen LogP contribution in [0.2, 0.25) is 0 Å². The quantitative estimate of drug-likeness (QED) is 0.835. The van der Waals surface area contributed by atoms with Gasteiger partial charge in [-0.1, -0.05) is 6.92 Å². The maximum Gasteiger partial charge on any atom is 0.347 e. The number of aromatic carboxylic acids is 1. The van der Waals surface area contributed by atoms with Crippen LogP contribution < -0.4 is 0 Å². The maximum absolute atomic E-state index is 10.6. The van der Waals surface area contributed by atoms with Crippen molar-refractivity contribution >= 4 is 17.3 Å². The summed E-state index contributed by atoms with van der Waals surface area (Å²) in [4.78, 5) is 15.0. The van der Waals surface area contributed by atoms with E-state index in [1.54, 1.807) is 7.11 Å². The monoisotopic (exact) mass is 215 g/mol. The first-order chi connectivity index (χ1) is 6.53. The number of carbonyl (C=O) groups is 1. The minimum Gasteiger partial charge on any atom is -0.477 e. The Morgan fingerprint density at radius 1 is 1.79 bits per heavy atom. The number of carboxylic acids is 1. The number of carboxylic acid groups (broad SMARTS) is 1. The first-order valence-corrected chi connectivity index (χ1v) is 5.10. The molecule has 1 atom stereocenters. The Balaban J connectivity index is 3.01. The Kier molecular flexibility index (Phi) is 3.23. The van der Waals surface area contributed by atoms with Gasteiger partial charge in [0, 0.05) is 7.11 Å². The summed E-state index contributed by atoms with van der Waals surface area (Å²) in [6.07, 6.45) is 2.13. The van der Waals surface area contributed by atoms with Crippen LogP contribution in [0, 0.1) is 0 Å². The second-order valence-electron chi connectivity index (χ2n) is 3.12. The van der Waals surface area contributed by atoms with Gasteiger partial charge in [0.25, 0.3) is 0 Å². The Bertz CT molecular complexity index is 331. The van der Waals surface area contributed by atoms with E-state index in [-0.39, 0.29) is 4.88 Å². The number of thiazole rings is 1. The smallest absolute Gasteiger partial charge is 0.347 e. The van der Waals surface area contributed by atoms with E-state index in [0.717, 1.165) is 17.8 Å². The molecular weight excluding hydrogens is 202 g/mol. The lowest BCUT2D eigenvalue weighted by atomic mass is 10.1. The molecule has 0 aliphatic heterocycles. The lowest BCUT2D eigenvalue weighted by Crippen LogP contribution is -2.22. The van der Waals surface area contributed by atoms with E-state index in [4.69, 9.17) is 9.84 Å². The van der Waals surface area contributed by atoms with Crippen LogP contribution >= 0.6 is 11.3 Å². The topological polar surface area (TPSA) is 59.4 Å².